The molecule has 1 aromatic heterocycles. The smallest absolute Gasteiger partial charge is 0.205 e. The van der Waals surface area contributed by atoms with Gasteiger partial charge in [-0.3, -0.25) is 0 Å². The summed E-state index contributed by atoms with van der Waals surface area (Å²) in [5, 5.41) is 3.32. The summed E-state index contributed by atoms with van der Waals surface area (Å²) in [5.74, 6) is 2.08. The number of rotatable bonds is 4. The first-order valence-corrected chi connectivity index (χ1v) is 8.73. The molecule has 0 spiro atoms. The van der Waals surface area contributed by atoms with E-state index in [1.54, 1.807) is 0 Å². The number of piperidine rings is 1. The van der Waals surface area contributed by atoms with Gasteiger partial charge in [-0.05, 0) is 52.1 Å². The molecule has 1 aromatic rings. The first-order valence-electron chi connectivity index (χ1n) is 8.73. The van der Waals surface area contributed by atoms with Gasteiger partial charge in [-0.2, -0.15) is 0 Å². The zero-order valence-electron chi connectivity index (χ0n) is 13.6. The minimum absolute atomic E-state index is 0.685. The Labute approximate surface area is 128 Å². The van der Waals surface area contributed by atoms with Gasteiger partial charge in [-0.15, -0.1) is 0 Å². The Bertz CT molecular complexity index is 440. The fraction of sp³-hybridized carbons (Fsp3) is 0.824. The summed E-state index contributed by atoms with van der Waals surface area (Å²) >= 11 is 0. The van der Waals surface area contributed by atoms with Crippen LogP contribution in [-0.4, -0.2) is 36.2 Å². The standard InChI is InChI=1S/C17H30N4/c1-14-13-21(16-6-4-3-5-7-16)17(19-14)20-10-8-15(9-11-20)12-18-2/h13,15-16,18H,3-12H2,1-2H3. The van der Waals surface area contributed by atoms with Crippen molar-refractivity contribution in [1.29, 1.82) is 0 Å². The lowest BCUT2D eigenvalue weighted by Gasteiger charge is -2.34. The van der Waals surface area contributed by atoms with Crippen LogP contribution in [0.5, 0.6) is 0 Å². The molecular formula is C17H30N4. The summed E-state index contributed by atoms with van der Waals surface area (Å²) in [6, 6.07) is 0.685. The predicted octanol–water partition coefficient (Wildman–Crippen LogP) is 3.13. The van der Waals surface area contributed by atoms with Crippen LogP contribution in [0.4, 0.5) is 5.95 Å². The molecule has 1 aliphatic carbocycles. The lowest BCUT2D eigenvalue weighted by Crippen LogP contribution is -2.38. The highest BCUT2D eigenvalue weighted by Crippen LogP contribution is 2.33. The van der Waals surface area contributed by atoms with Gasteiger partial charge in [0.05, 0.1) is 5.69 Å². The van der Waals surface area contributed by atoms with E-state index in [9.17, 15) is 0 Å². The Balaban J connectivity index is 1.70. The highest BCUT2D eigenvalue weighted by molar-refractivity contribution is 5.35. The van der Waals surface area contributed by atoms with Crippen LogP contribution < -0.4 is 10.2 Å². The van der Waals surface area contributed by atoms with Gasteiger partial charge >= 0.3 is 0 Å². The normalized spacial score (nSPS) is 21.9. The van der Waals surface area contributed by atoms with Crippen molar-refractivity contribution < 1.29 is 0 Å². The monoisotopic (exact) mass is 290 g/mol. The third-order valence-corrected chi connectivity index (χ3v) is 5.19. The van der Waals surface area contributed by atoms with Crippen molar-refractivity contribution in [2.24, 2.45) is 5.92 Å². The second-order valence-electron chi connectivity index (χ2n) is 6.87. The largest absolute Gasteiger partial charge is 0.342 e. The maximum atomic E-state index is 4.85. The lowest BCUT2D eigenvalue weighted by molar-refractivity contribution is 0.344. The van der Waals surface area contributed by atoms with Crippen molar-refractivity contribution in [3.05, 3.63) is 11.9 Å². The molecule has 3 rings (SSSR count). The fourth-order valence-corrected chi connectivity index (χ4v) is 3.99. The van der Waals surface area contributed by atoms with Gasteiger partial charge in [-0.25, -0.2) is 4.98 Å². The average molecular weight is 290 g/mol. The van der Waals surface area contributed by atoms with Crippen molar-refractivity contribution in [3.8, 4) is 0 Å². The summed E-state index contributed by atoms with van der Waals surface area (Å²) in [7, 11) is 2.06. The number of nitrogens with one attached hydrogen (secondary N) is 1. The summed E-state index contributed by atoms with van der Waals surface area (Å²) < 4.78 is 2.49. The average Bonchev–Trinajstić information content (AvgIpc) is 2.91. The third kappa shape index (κ3) is 3.42. The van der Waals surface area contributed by atoms with Crippen LogP contribution in [0.25, 0.3) is 0 Å². The molecule has 2 fully saturated rings. The molecule has 0 radical (unpaired) electrons. The number of imidazole rings is 1. The second kappa shape index (κ2) is 6.82. The molecule has 2 heterocycles. The van der Waals surface area contributed by atoms with Gasteiger partial charge in [0, 0.05) is 25.3 Å². The third-order valence-electron chi connectivity index (χ3n) is 5.19. The summed E-state index contributed by atoms with van der Waals surface area (Å²) in [6.45, 7) is 5.62. The Hall–Kier alpha value is -1.03. The Morgan fingerprint density at radius 1 is 1.14 bits per heavy atom. The number of nitrogens with zero attached hydrogens (tertiary/aromatic N) is 3. The quantitative estimate of drug-likeness (QED) is 0.925. The maximum absolute atomic E-state index is 4.85. The van der Waals surface area contributed by atoms with E-state index in [1.165, 1.54) is 56.6 Å². The van der Waals surface area contributed by atoms with Crippen molar-refractivity contribution in [2.75, 3.05) is 31.6 Å². The predicted molar refractivity (Wildman–Crippen MR) is 87.9 cm³/mol. The van der Waals surface area contributed by atoms with Crippen LogP contribution in [-0.2, 0) is 0 Å². The topological polar surface area (TPSA) is 33.1 Å². The van der Waals surface area contributed by atoms with Crippen LogP contribution in [0.1, 0.15) is 56.7 Å². The van der Waals surface area contributed by atoms with Gasteiger partial charge in [0.25, 0.3) is 0 Å². The minimum Gasteiger partial charge on any atom is -0.342 e. The van der Waals surface area contributed by atoms with E-state index in [0.717, 1.165) is 25.6 Å². The van der Waals surface area contributed by atoms with E-state index in [0.29, 0.717) is 6.04 Å². The molecule has 4 nitrogen and oxygen atoms in total. The summed E-state index contributed by atoms with van der Waals surface area (Å²) in [5.41, 5.74) is 1.17. The summed E-state index contributed by atoms with van der Waals surface area (Å²) in [4.78, 5) is 7.38. The Kier molecular flexibility index (Phi) is 4.84. The van der Waals surface area contributed by atoms with Crippen LogP contribution in [0.2, 0.25) is 0 Å². The van der Waals surface area contributed by atoms with Gasteiger partial charge in [-0.1, -0.05) is 19.3 Å². The Morgan fingerprint density at radius 2 is 1.86 bits per heavy atom. The second-order valence-corrected chi connectivity index (χ2v) is 6.87. The molecular weight excluding hydrogens is 260 g/mol. The molecule has 0 atom stereocenters. The van der Waals surface area contributed by atoms with Crippen molar-refractivity contribution in [1.82, 2.24) is 14.9 Å². The molecule has 1 aliphatic heterocycles. The van der Waals surface area contributed by atoms with E-state index in [4.69, 9.17) is 4.98 Å². The van der Waals surface area contributed by atoms with Crippen LogP contribution in [0.15, 0.2) is 6.20 Å². The van der Waals surface area contributed by atoms with Crippen LogP contribution in [0, 0.1) is 12.8 Å². The highest BCUT2D eigenvalue weighted by Gasteiger charge is 2.25. The molecule has 1 saturated heterocycles. The van der Waals surface area contributed by atoms with E-state index < -0.39 is 0 Å². The van der Waals surface area contributed by atoms with E-state index in [1.807, 2.05) is 0 Å². The lowest BCUT2D eigenvalue weighted by atomic mass is 9.95. The molecule has 2 aliphatic rings. The molecule has 4 heteroatoms. The van der Waals surface area contributed by atoms with Crippen LogP contribution in [0.3, 0.4) is 0 Å². The fourth-order valence-electron chi connectivity index (χ4n) is 3.99. The first-order chi connectivity index (χ1) is 10.3. The minimum atomic E-state index is 0.685. The zero-order valence-corrected chi connectivity index (χ0v) is 13.6. The number of anilines is 1. The molecule has 0 bridgehead atoms. The van der Waals surface area contributed by atoms with E-state index in [-0.39, 0.29) is 0 Å². The highest BCUT2D eigenvalue weighted by atomic mass is 15.3. The maximum Gasteiger partial charge on any atom is 0.205 e. The van der Waals surface area contributed by atoms with E-state index in [2.05, 4.69) is 35.0 Å². The van der Waals surface area contributed by atoms with Crippen molar-refractivity contribution in [2.45, 2.75) is 57.9 Å². The van der Waals surface area contributed by atoms with Crippen molar-refractivity contribution in [3.63, 3.8) is 0 Å². The van der Waals surface area contributed by atoms with E-state index >= 15 is 0 Å². The first kappa shape index (κ1) is 14.9. The summed E-state index contributed by atoms with van der Waals surface area (Å²) in [6.07, 6.45) is 11.7. The molecule has 21 heavy (non-hydrogen) atoms. The number of aromatic nitrogens is 2. The SMILES string of the molecule is CNCC1CCN(c2nc(C)cn2C2CCCCC2)CC1. The van der Waals surface area contributed by atoms with Gasteiger partial charge < -0.3 is 14.8 Å². The molecule has 1 N–H and O–H groups in total. The molecule has 118 valence electrons. The number of hydrogen-bond donors (Lipinski definition) is 1. The van der Waals surface area contributed by atoms with Gasteiger partial charge in [0.2, 0.25) is 5.95 Å². The van der Waals surface area contributed by atoms with Crippen molar-refractivity contribution >= 4 is 5.95 Å². The number of hydrogen-bond acceptors (Lipinski definition) is 3. The molecule has 1 saturated carbocycles. The van der Waals surface area contributed by atoms with Crippen LogP contribution >= 0.6 is 0 Å². The van der Waals surface area contributed by atoms with Gasteiger partial charge in [0.1, 0.15) is 0 Å². The molecule has 0 aromatic carbocycles. The Morgan fingerprint density at radius 3 is 2.52 bits per heavy atom. The molecule has 0 amide bonds. The molecule has 0 unspecified atom stereocenters. The zero-order chi connectivity index (χ0) is 14.7. The number of aryl methyl sites for hydroxylation is 1. The van der Waals surface area contributed by atoms with Gasteiger partial charge in [0.15, 0.2) is 0 Å².